The van der Waals surface area contributed by atoms with Crippen LogP contribution in [0.2, 0.25) is 0 Å². The van der Waals surface area contributed by atoms with Crippen molar-refractivity contribution in [2.75, 3.05) is 10.6 Å². The predicted octanol–water partition coefficient (Wildman–Crippen LogP) is 2.85. The van der Waals surface area contributed by atoms with Crippen LogP contribution >= 0.6 is 24.8 Å². The van der Waals surface area contributed by atoms with Gasteiger partial charge in [0.2, 0.25) is 11.8 Å². The van der Waals surface area contributed by atoms with Gasteiger partial charge in [0.05, 0.1) is 0 Å². The molecule has 0 fully saturated rings. The second kappa shape index (κ2) is 12.4. The van der Waals surface area contributed by atoms with Crippen molar-refractivity contribution in [2.24, 2.45) is 11.5 Å². The van der Waals surface area contributed by atoms with Crippen LogP contribution in [0.5, 0.6) is 0 Å². The molecule has 0 saturated carbocycles. The summed E-state index contributed by atoms with van der Waals surface area (Å²) in [6.07, 6.45) is 0.838. The Kier molecular flexibility index (Phi) is 11.1. The highest BCUT2D eigenvalue weighted by molar-refractivity contribution is 5.97. The number of nitrogens with one attached hydrogen (secondary N) is 4. The molecule has 156 valence electrons. The Morgan fingerprint density at radius 3 is 1.28 bits per heavy atom. The van der Waals surface area contributed by atoms with Crippen molar-refractivity contribution in [3.05, 3.63) is 59.7 Å². The van der Waals surface area contributed by atoms with Gasteiger partial charge in [0.1, 0.15) is 11.7 Å². The number of carbonyl (C=O) groups excluding carboxylic acids is 2. The number of rotatable bonds is 8. The number of halogens is 2. The largest absolute Gasteiger partial charge is 0.384 e. The third-order valence-corrected chi connectivity index (χ3v) is 3.77. The number of nitrogens with two attached hydrogens (primary N) is 2. The van der Waals surface area contributed by atoms with Crippen molar-refractivity contribution < 1.29 is 9.59 Å². The van der Waals surface area contributed by atoms with E-state index in [1.807, 2.05) is 0 Å². The highest BCUT2D eigenvalue weighted by atomic mass is 35.5. The quantitative estimate of drug-likeness (QED) is 0.276. The van der Waals surface area contributed by atoms with Gasteiger partial charge in [0.15, 0.2) is 0 Å². The number of hydrogen-bond donors (Lipinski definition) is 6. The molecule has 0 saturated heterocycles. The first kappa shape index (κ1) is 25.9. The lowest BCUT2D eigenvalue weighted by molar-refractivity contribution is -0.117. The molecule has 2 aromatic rings. The maximum atomic E-state index is 11.9. The van der Waals surface area contributed by atoms with Crippen LogP contribution in [-0.2, 0) is 9.59 Å². The van der Waals surface area contributed by atoms with Crippen molar-refractivity contribution in [3.63, 3.8) is 0 Å². The van der Waals surface area contributed by atoms with E-state index in [1.54, 1.807) is 48.5 Å². The zero-order valence-corrected chi connectivity index (χ0v) is 17.2. The first-order chi connectivity index (χ1) is 12.8. The van der Waals surface area contributed by atoms with E-state index in [9.17, 15) is 9.59 Å². The lowest BCUT2D eigenvalue weighted by Crippen LogP contribution is -2.15. The molecular formula is C19H24Cl2N6O2. The fraction of sp³-hybridized carbons (Fsp3) is 0.158. The summed E-state index contributed by atoms with van der Waals surface area (Å²) in [6, 6.07) is 13.3. The molecule has 0 aliphatic heterocycles. The highest BCUT2D eigenvalue weighted by Gasteiger charge is 2.07. The molecule has 0 heterocycles. The van der Waals surface area contributed by atoms with Crippen LogP contribution in [-0.4, -0.2) is 23.5 Å². The Morgan fingerprint density at radius 2 is 1.00 bits per heavy atom. The van der Waals surface area contributed by atoms with Crippen LogP contribution < -0.4 is 22.1 Å². The van der Waals surface area contributed by atoms with Gasteiger partial charge in [-0.2, -0.15) is 0 Å². The van der Waals surface area contributed by atoms with E-state index < -0.39 is 0 Å². The summed E-state index contributed by atoms with van der Waals surface area (Å²) in [4.78, 5) is 23.9. The maximum Gasteiger partial charge on any atom is 0.224 e. The Bertz CT molecular complexity index is 783. The second-order valence-corrected chi connectivity index (χ2v) is 5.93. The Labute approximate surface area is 181 Å². The molecule has 0 atom stereocenters. The number of amides is 2. The van der Waals surface area contributed by atoms with Crippen molar-refractivity contribution in [1.82, 2.24) is 0 Å². The van der Waals surface area contributed by atoms with Crippen LogP contribution in [0.4, 0.5) is 11.4 Å². The number of carbonyl (C=O) groups is 2. The topological polar surface area (TPSA) is 158 Å². The van der Waals surface area contributed by atoms with E-state index in [0.717, 1.165) is 0 Å². The summed E-state index contributed by atoms with van der Waals surface area (Å²) in [5, 5.41) is 20.1. The molecule has 0 aliphatic carbocycles. The van der Waals surface area contributed by atoms with E-state index in [-0.39, 0.29) is 61.1 Å². The molecule has 29 heavy (non-hydrogen) atoms. The number of hydrogen-bond acceptors (Lipinski definition) is 4. The Balaban J connectivity index is 0.00000392. The monoisotopic (exact) mass is 438 g/mol. The third-order valence-electron chi connectivity index (χ3n) is 3.77. The first-order valence-corrected chi connectivity index (χ1v) is 8.34. The Morgan fingerprint density at radius 1 is 0.690 bits per heavy atom. The van der Waals surface area contributed by atoms with E-state index in [0.29, 0.717) is 28.9 Å². The molecule has 0 aromatic heterocycles. The van der Waals surface area contributed by atoms with Gasteiger partial charge in [0.25, 0.3) is 0 Å². The minimum absolute atomic E-state index is 0. The third kappa shape index (κ3) is 8.63. The van der Waals surface area contributed by atoms with Crippen molar-refractivity contribution in [1.29, 1.82) is 10.8 Å². The molecule has 0 aliphatic rings. The zero-order chi connectivity index (χ0) is 19.8. The minimum atomic E-state index is -0.191. The number of amidine groups is 2. The van der Waals surface area contributed by atoms with Gasteiger partial charge in [-0.25, -0.2) is 0 Å². The second-order valence-electron chi connectivity index (χ2n) is 5.93. The lowest BCUT2D eigenvalue weighted by Gasteiger charge is -2.07. The van der Waals surface area contributed by atoms with E-state index in [2.05, 4.69) is 10.6 Å². The first-order valence-electron chi connectivity index (χ1n) is 8.34. The molecule has 8 N–H and O–H groups in total. The molecule has 2 rings (SSSR count). The van der Waals surface area contributed by atoms with Crippen LogP contribution in [0.25, 0.3) is 0 Å². The zero-order valence-electron chi connectivity index (χ0n) is 15.5. The smallest absolute Gasteiger partial charge is 0.224 e. The van der Waals surface area contributed by atoms with E-state index in [1.165, 1.54) is 0 Å². The van der Waals surface area contributed by atoms with Gasteiger partial charge in [-0.1, -0.05) is 0 Å². The predicted molar refractivity (Wildman–Crippen MR) is 121 cm³/mol. The van der Waals surface area contributed by atoms with Crippen LogP contribution in [0.15, 0.2) is 48.5 Å². The SMILES string of the molecule is Cl.Cl.N=C(N)c1ccc(NC(=O)CCCC(=O)Nc2ccc(C(=N)N)cc2)cc1. The van der Waals surface area contributed by atoms with E-state index >= 15 is 0 Å². The number of benzene rings is 2. The number of anilines is 2. The molecule has 2 amide bonds. The molecule has 0 radical (unpaired) electrons. The van der Waals surface area contributed by atoms with Crippen LogP contribution in [0, 0.1) is 10.8 Å². The minimum Gasteiger partial charge on any atom is -0.384 e. The average molecular weight is 439 g/mol. The number of nitrogen functional groups attached to an aromatic ring is 2. The summed E-state index contributed by atoms with van der Waals surface area (Å²) >= 11 is 0. The summed E-state index contributed by atoms with van der Waals surface area (Å²) in [6.45, 7) is 0. The summed E-state index contributed by atoms with van der Waals surface area (Å²) in [5.74, 6) is -0.446. The van der Waals surface area contributed by atoms with Crippen molar-refractivity contribution >= 4 is 59.7 Å². The molecule has 0 bridgehead atoms. The van der Waals surface area contributed by atoms with Crippen LogP contribution in [0.1, 0.15) is 30.4 Å². The molecule has 0 spiro atoms. The van der Waals surface area contributed by atoms with Crippen molar-refractivity contribution in [2.45, 2.75) is 19.3 Å². The van der Waals surface area contributed by atoms with Gasteiger partial charge in [-0.3, -0.25) is 20.4 Å². The van der Waals surface area contributed by atoms with Gasteiger partial charge in [-0.15, -0.1) is 24.8 Å². The summed E-state index contributed by atoms with van der Waals surface area (Å²) in [5.41, 5.74) is 13.1. The van der Waals surface area contributed by atoms with E-state index in [4.69, 9.17) is 22.3 Å². The highest BCUT2D eigenvalue weighted by Crippen LogP contribution is 2.12. The fourth-order valence-corrected chi connectivity index (χ4v) is 2.32. The van der Waals surface area contributed by atoms with Crippen molar-refractivity contribution in [3.8, 4) is 0 Å². The molecule has 8 nitrogen and oxygen atoms in total. The van der Waals surface area contributed by atoms with Gasteiger partial charge in [-0.05, 0) is 55.0 Å². The van der Waals surface area contributed by atoms with Gasteiger partial charge in [0, 0.05) is 35.3 Å². The van der Waals surface area contributed by atoms with Gasteiger partial charge >= 0.3 is 0 Å². The molecule has 10 heteroatoms. The summed E-state index contributed by atoms with van der Waals surface area (Å²) < 4.78 is 0. The fourth-order valence-electron chi connectivity index (χ4n) is 2.32. The average Bonchev–Trinajstić information content (AvgIpc) is 2.62. The molecular weight excluding hydrogens is 415 g/mol. The van der Waals surface area contributed by atoms with Gasteiger partial charge < -0.3 is 22.1 Å². The molecule has 2 aromatic carbocycles. The maximum absolute atomic E-state index is 11.9. The normalized spacial score (nSPS) is 9.38. The summed E-state index contributed by atoms with van der Waals surface area (Å²) in [7, 11) is 0. The lowest BCUT2D eigenvalue weighted by atomic mass is 10.1. The van der Waals surface area contributed by atoms with Crippen LogP contribution in [0.3, 0.4) is 0 Å². The molecule has 0 unspecified atom stereocenters. The Hall–Kier alpha value is -3.10. The standard InChI is InChI=1S/C19H22N6O2.2ClH/c20-18(21)12-4-8-14(9-5-12)24-16(26)2-1-3-17(27)25-15-10-6-13(7-11-15)19(22)23;;/h4-11H,1-3H2,(H3,20,21)(H3,22,23)(H,24,26)(H,25,27);2*1H.